The molecule has 0 saturated heterocycles. The van der Waals surface area contributed by atoms with E-state index in [-0.39, 0.29) is 6.04 Å². The van der Waals surface area contributed by atoms with Crippen LogP contribution in [-0.2, 0) is 0 Å². The molecule has 1 aliphatic heterocycles. The largest absolute Gasteiger partial charge is 0.351 e. The molecule has 2 heterocycles. The molecular formula is C27H32N4OS. The lowest BCUT2D eigenvalue weighted by atomic mass is 9.92. The Kier molecular flexibility index (Phi) is 6.66. The molecule has 0 saturated carbocycles. The van der Waals surface area contributed by atoms with Crippen molar-refractivity contribution < 1.29 is 4.52 Å². The predicted molar refractivity (Wildman–Crippen MR) is 138 cm³/mol. The molecule has 0 radical (unpaired) electrons. The van der Waals surface area contributed by atoms with E-state index in [0.29, 0.717) is 17.6 Å². The Morgan fingerprint density at radius 2 is 1.85 bits per heavy atom. The number of hydrogen-bond acceptors (Lipinski definition) is 4. The zero-order valence-electron chi connectivity index (χ0n) is 20.3. The Morgan fingerprint density at radius 1 is 1.06 bits per heavy atom. The minimum atomic E-state index is -0.155. The van der Waals surface area contributed by atoms with Gasteiger partial charge in [-0.2, -0.15) is 4.98 Å². The highest BCUT2D eigenvalue weighted by Gasteiger charge is 2.34. The number of aryl methyl sites for hydroxylation is 3. The van der Waals surface area contributed by atoms with Gasteiger partial charge in [-0.1, -0.05) is 61.0 Å². The predicted octanol–water partition coefficient (Wildman–Crippen LogP) is 6.37. The van der Waals surface area contributed by atoms with E-state index in [1.807, 2.05) is 12.1 Å². The van der Waals surface area contributed by atoms with Crippen LogP contribution in [0, 0.1) is 26.7 Å². The molecule has 5 nitrogen and oxygen atoms in total. The molecule has 6 heteroatoms. The van der Waals surface area contributed by atoms with Crippen LogP contribution in [0.15, 0.2) is 52.7 Å². The lowest BCUT2D eigenvalue weighted by molar-refractivity contribution is 0.390. The zero-order valence-corrected chi connectivity index (χ0v) is 21.1. The van der Waals surface area contributed by atoms with E-state index >= 15 is 0 Å². The first-order valence-electron chi connectivity index (χ1n) is 11.5. The first kappa shape index (κ1) is 23.2. The van der Waals surface area contributed by atoms with Gasteiger partial charge in [-0.3, -0.25) is 0 Å². The maximum Gasteiger partial charge on any atom is 0.258 e. The molecule has 1 N–H and O–H groups in total. The molecule has 0 spiro atoms. The quantitative estimate of drug-likeness (QED) is 0.431. The van der Waals surface area contributed by atoms with Crippen LogP contribution in [0.2, 0.25) is 0 Å². The third kappa shape index (κ3) is 4.86. The lowest BCUT2D eigenvalue weighted by Gasteiger charge is -2.37. The van der Waals surface area contributed by atoms with Crippen LogP contribution in [0.4, 0.5) is 0 Å². The molecule has 33 heavy (non-hydrogen) atoms. The van der Waals surface area contributed by atoms with Gasteiger partial charge in [0, 0.05) is 17.8 Å². The van der Waals surface area contributed by atoms with Crippen molar-refractivity contribution >= 4 is 22.9 Å². The standard InChI is InChI=1S/C27H32N4OS/c1-16(2)12-13-31-20(6)23(24(28-27(31)33)21-11-10-18(4)19(5)15-21)26-29-25(30-32-26)22-9-7-8-17(3)14-22/h7-11,14-16,24H,12-13H2,1-6H3,(H,28,33). The highest BCUT2D eigenvalue weighted by atomic mass is 32.1. The lowest BCUT2D eigenvalue weighted by Crippen LogP contribution is -2.46. The monoisotopic (exact) mass is 460 g/mol. The second-order valence-electron chi connectivity index (χ2n) is 9.35. The van der Waals surface area contributed by atoms with Crippen molar-refractivity contribution in [1.82, 2.24) is 20.4 Å². The Bertz CT molecular complexity index is 1210. The summed E-state index contributed by atoms with van der Waals surface area (Å²) in [5.74, 6) is 1.70. The summed E-state index contributed by atoms with van der Waals surface area (Å²) in [7, 11) is 0. The Morgan fingerprint density at radius 3 is 2.55 bits per heavy atom. The molecule has 0 bridgehead atoms. The van der Waals surface area contributed by atoms with E-state index in [4.69, 9.17) is 21.7 Å². The van der Waals surface area contributed by atoms with Crippen LogP contribution in [0.25, 0.3) is 17.0 Å². The summed E-state index contributed by atoms with van der Waals surface area (Å²) < 4.78 is 5.85. The third-order valence-electron chi connectivity index (χ3n) is 6.32. The van der Waals surface area contributed by atoms with E-state index in [0.717, 1.165) is 46.0 Å². The number of hydrogen-bond donors (Lipinski definition) is 1. The van der Waals surface area contributed by atoms with Crippen LogP contribution >= 0.6 is 12.2 Å². The molecular weight excluding hydrogens is 428 g/mol. The molecule has 1 atom stereocenters. The van der Waals surface area contributed by atoms with Crippen LogP contribution < -0.4 is 5.32 Å². The molecule has 1 aliphatic rings. The summed E-state index contributed by atoms with van der Waals surface area (Å²) in [4.78, 5) is 6.99. The fourth-order valence-corrected chi connectivity index (χ4v) is 4.49. The highest BCUT2D eigenvalue weighted by molar-refractivity contribution is 7.80. The molecule has 1 aromatic heterocycles. The normalized spacial score (nSPS) is 16.5. The van der Waals surface area contributed by atoms with E-state index in [2.05, 4.69) is 87.2 Å². The number of nitrogens with zero attached hydrogens (tertiary/aromatic N) is 3. The van der Waals surface area contributed by atoms with Gasteiger partial charge in [0.2, 0.25) is 5.82 Å². The SMILES string of the molecule is CC1=C(c2nc(-c3cccc(C)c3)no2)C(c2ccc(C)c(C)c2)NC(=S)N1CCC(C)C. The van der Waals surface area contributed by atoms with Crippen molar-refractivity contribution in [2.45, 2.75) is 54.0 Å². The smallest absolute Gasteiger partial charge is 0.258 e. The highest BCUT2D eigenvalue weighted by Crippen LogP contribution is 2.38. The van der Waals surface area contributed by atoms with Crippen LogP contribution in [-0.4, -0.2) is 26.7 Å². The third-order valence-corrected chi connectivity index (χ3v) is 6.66. The number of thiocarbonyl (C=S) groups is 1. The summed E-state index contributed by atoms with van der Waals surface area (Å²) >= 11 is 5.80. The van der Waals surface area contributed by atoms with Gasteiger partial charge in [0.25, 0.3) is 5.89 Å². The van der Waals surface area contributed by atoms with Crippen molar-refractivity contribution in [2.24, 2.45) is 5.92 Å². The zero-order chi connectivity index (χ0) is 23.7. The fourth-order valence-electron chi connectivity index (χ4n) is 4.14. The summed E-state index contributed by atoms with van der Waals surface area (Å²) in [6.07, 6.45) is 1.04. The number of nitrogens with one attached hydrogen (secondary N) is 1. The molecule has 0 fully saturated rings. The van der Waals surface area contributed by atoms with Crippen LogP contribution in [0.3, 0.4) is 0 Å². The van der Waals surface area contributed by atoms with Gasteiger partial charge in [0.1, 0.15) is 0 Å². The summed E-state index contributed by atoms with van der Waals surface area (Å²) in [6, 6.07) is 14.5. The number of rotatable bonds is 6. The second kappa shape index (κ2) is 9.48. The van der Waals surface area contributed by atoms with Gasteiger partial charge in [-0.15, -0.1) is 0 Å². The van der Waals surface area contributed by atoms with Crippen molar-refractivity contribution in [2.75, 3.05) is 6.54 Å². The summed E-state index contributed by atoms with van der Waals surface area (Å²) in [5.41, 5.74) is 7.77. The topological polar surface area (TPSA) is 54.2 Å². The van der Waals surface area contributed by atoms with Crippen LogP contribution in [0.5, 0.6) is 0 Å². The first-order chi connectivity index (χ1) is 15.7. The van der Waals surface area contributed by atoms with E-state index < -0.39 is 0 Å². The van der Waals surface area contributed by atoms with Crippen molar-refractivity contribution in [3.05, 3.63) is 76.3 Å². The molecule has 4 rings (SSSR count). The van der Waals surface area contributed by atoms with Crippen molar-refractivity contribution in [3.63, 3.8) is 0 Å². The van der Waals surface area contributed by atoms with Gasteiger partial charge < -0.3 is 14.7 Å². The van der Waals surface area contributed by atoms with Gasteiger partial charge in [-0.05, 0) is 75.0 Å². The number of aromatic nitrogens is 2. The Labute approximate surface area is 201 Å². The number of benzene rings is 2. The molecule has 1 unspecified atom stereocenters. The second-order valence-corrected chi connectivity index (χ2v) is 9.74. The van der Waals surface area contributed by atoms with E-state index in [1.54, 1.807) is 0 Å². The maximum absolute atomic E-state index is 5.85. The molecule has 172 valence electrons. The maximum atomic E-state index is 5.85. The molecule has 2 aromatic carbocycles. The fraction of sp³-hybridized carbons (Fsp3) is 0.370. The number of allylic oxidation sites excluding steroid dienone is 1. The molecule has 3 aromatic rings. The van der Waals surface area contributed by atoms with Crippen molar-refractivity contribution in [1.29, 1.82) is 0 Å². The average molecular weight is 461 g/mol. The average Bonchev–Trinajstić information content (AvgIpc) is 3.24. The van der Waals surface area contributed by atoms with Crippen molar-refractivity contribution in [3.8, 4) is 11.4 Å². The van der Waals surface area contributed by atoms with Gasteiger partial charge >= 0.3 is 0 Å². The molecule has 0 amide bonds. The van der Waals surface area contributed by atoms with E-state index in [9.17, 15) is 0 Å². The van der Waals surface area contributed by atoms with Gasteiger partial charge in [-0.25, -0.2) is 0 Å². The van der Waals surface area contributed by atoms with Gasteiger partial charge in [0.05, 0.1) is 11.6 Å². The van der Waals surface area contributed by atoms with E-state index in [1.165, 1.54) is 11.1 Å². The Balaban J connectivity index is 1.81. The minimum absolute atomic E-state index is 0.155. The summed E-state index contributed by atoms with van der Waals surface area (Å²) in [6.45, 7) is 13.7. The summed E-state index contributed by atoms with van der Waals surface area (Å²) in [5, 5.41) is 8.61. The van der Waals surface area contributed by atoms with Gasteiger partial charge in [0.15, 0.2) is 5.11 Å². The minimum Gasteiger partial charge on any atom is -0.351 e. The molecule has 0 aliphatic carbocycles. The Hall–Kier alpha value is -2.99. The van der Waals surface area contributed by atoms with Crippen LogP contribution in [0.1, 0.15) is 61.4 Å². The first-order valence-corrected chi connectivity index (χ1v) is 11.9.